The van der Waals surface area contributed by atoms with Crippen molar-refractivity contribution in [2.45, 2.75) is 0 Å². The smallest absolute Gasteiger partial charge is 0.149 e. The molecule has 0 aliphatic rings. The van der Waals surface area contributed by atoms with E-state index >= 15 is 0 Å². The summed E-state index contributed by atoms with van der Waals surface area (Å²) in [4.78, 5) is 0. The number of rotatable bonds is 2. The molecule has 0 saturated carbocycles. The van der Waals surface area contributed by atoms with Gasteiger partial charge in [0.15, 0.2) is 0 Å². The molecule has 0 spiro atoms. The zero-order valence-corrected chi connectivity index (χ0v) is 8.78. The normalized spacial score (nSPS) is 10.2. The summed E-state index contributed by atoms with van der Waals surface area (Å²) in [6.07, 6.45) is 0. The minimum absolute atomic E-state index is 0.0286. The zero-order chi connectivity index (χ0) is 12.4. The maximum Gasteiger partial charge on any atom is 0.149 e. The molecule has 2 aromatic carbocycles. The van der Waals surface area contributed by atoms with Crippen LogP contribution in [0, 0.1) is 11.6 Å². The first-order valence-electron chi connectivity index (χ1n) is 4.84. The van der Waals surface area contributed by atoms with E-state index in [1.54, 1.807) is 0 Å². The molecule has 88 valence electrons. The Hall–Kier alpha value is -2.30. The van der Waals surface area contributed by atoms with Crippen molar-refractivity contribution >= 4 is 11.4 Å². The quantitative estimate of drug-likeness (QED) is 0.788. The Morgan fingerprint density at radius 3 is 1.53 bits per heavy atom. The molecule has 3 nitrogen and oxygen atoms in total. The van der Waals surface area contributed by atoms with Gasteiger partial charge < -0.3 is 16.2 Å². The van der Waals surface area contributed by atoms with Gasteiger partial charge in [-0.25, -0.2) is 8.78 Å². The van der Waals surface area contributed by atoms with E-state index in [1.807, 2.05) is 0 Å². The fraction of sp³-hybridized carbons (Fsp3) is 0. The number of benzene rings is 2. The van der Waals surface area contributed by atoms with E-state index in [9.17, 15) is 8.78 Å². The maximum absolute atomic E-state index is 13.1. The molecule has 0 aromatic heterocycles. The van der Waals surface area contributed by atoms with Crippen molar-refractivity contribution < 1.29 is 13.5 Å². The second-order valence-electron chi connectivity index (χ2n) is 3.47. The van der Waals surface area contributed by atoms with Crippen molar-refractivity contribution in [1.29, 1.82) is 0 Å². The molecule has 0 aliphatic carbocycles. The molecule has 5 heteroatoms. The van der Waals surface area contributed by atoms with E-state index in [4.69, 9.17) is 16.2 Å². The highest BCUT2D eigenvalue weighted by Gasteiger charge is 2.04. The van der Waals surface area contributed by atoms with Gasteiger partial charge in [0.25, 0.3) is 0 Å². The lowest BCUT2D eigenvalue weighted by Crippen LogP contribution is -1.93. The summed E-state index contributed by atoms with van der Waals surface area (Å²) in [5.41, 5.74) is 10.7. The third kappa shape index (κ3) is 2.44. The Kier molecular flexibility index (Phi) is 2.82. The Balaban J connectivity index is 2.25. The molecule has 4 N–H and O–H groups in total. The molecule has 0 aliphatic heterocycles. The molecule has 0 fully saturated rings. The molecular formula is C12H10F2N2O. The van der Waals surface area contributed by atoms with Crippen molar-refractivity contribution in [2.75, 3.05) is 11.5 Å². The average Bonchev–Trinajstić information content (AvgIpc) is 2.29. The van der Waals surface area contributed by atoms with Crippen molar-refractivity contribution in [3.8, 4) is 11.5 Å². The zero-order valence-electron chi connectivity index (χ0n) is 8.78. The van der Waals surface area contributed by atoms with E-state index in [1.165, 1.54) is 24.3 Å². The molecule has 0 unspecified atom stereocenters. The second-order valence-corrected chi connectivity index (χ2v) is 3.47. The topological polar surface area (TPSA) is 61.3 Å². The van der Waals surface area contributed by atoms with E-state index in [0.29, 0.717) is 0 Å². The Morgan fingerprint density at radius 1 is 0.765 bits per heavy atom. The number of anilines is 2. The predicted molar refractivity (Wildman–Crippen MR) is 61.7 cm³/mol. The molecule has 0 radical (unpaired) electrons. The van der Waals surface area contributed by atoms with Gasteiger partial charge in [-0.15, -0.1) is 0 Å². The summed E-state index contributed by atoms with van der Waals surface area (Å²) in [6, 6.07) is 7.99. The summed E-state index contributed by atoms with van der Waals surface area (Å²) in [6.45, 7) is 0. The summed E-state index contributed by atoms with van der Waals surface area (Å²) in [5, 5.41) is 0. The van der Waals surface area contributed by atoms with Crippen LogP contribution in [0.3, 0.4) is 0 Å². The summed E-state index contributed by atoms with van der Waals surface area (Å²) < 4.78 is 31.5. The standard InChI is InChI=1S/C12H10F2N2O/c13-9-5-7(1-3-11(9)15)17-8-2-4-12(16)10(14)6-8/h1-6H,15-16H2. The van der Waals surface area contributed by atoms with Crippen LogP contribution >= 0.6 is 0 Å². The summed E-state index contributed by atoms with van der Waals surface area (Å²) >= 11 is 0. The lowest BCUT2D eigenvalue weighted by atomic mass is 10.2. The van der Waals surface area contributed by atoms with Crippen LogP contribution in [0.15, 0.2) is 36.4 Å². The average molecular weight is 236 g/mol. The minimum Gasteiger partial charge on any atom is -0.457 e. The Morgan fingerprint density at radius 2 is 1.18 bits per heavy atom. The number of nitrogens with two attached hydrogens (primary N) is 2. The summed E-state index contributed by atoms with van der Waals surface area (Å²) in [5.74, 6) is -0.696. The number of nitrogen functional groups attached to an aromatic ring is 2. The first-order chi connectivity index (χ1) is 8.06. The highest BCUT2D eigenvalue weighted by molar-refractivity contribution is 5.47. The van der Waals surface area contributed by atoms with Crippen LogP contribution in [0.25, 0.3) is 0 Å². The molecule has 2 aromatic rings. The van der Waals surface area contributed by atoms with Crippen LogP contribution in [-0.4, -0.2) is 0 Å². The van der Waals surface area contributed by atoms with E-state index in [0.717, 1.165) is 12.1 Å². The van der Waals surface area contributed by atoms with E-state index in [-0.39, 0.29) is 22.9 Å². The van der Waals surface area contributed by atoms with Crippen molar-refractivity contribution in [2.24, 2.45) is 0 Å². The molecule has 0 saturated heterocycles. The van der Waals surface area contributed by atoms with Crippen molar-refractivity contribution in [3.63, 3.8) is 0 Å². The van der Waals surface area contributed by atoms with Crippen LogP contribution in [0.4, 0.5) is 20.2 Å². The van der Waals surface area contributed by atoms with Crippen molar-refractivity contribution in [1.82, 2.24) is 0 Å². The van der Waals surface area contributed by atoms with Gasteiger partial charge in [0.05, 0.1) is 11.4 Å². The van der Waals surface area contributed by atoms with E-state index in [2.05, 4.69) is 0 Å². The first-order valence-corrected chi connectivity index (χ1v) is 4.84. The van der Waals surface area contributed by atoms with E-state index < -0.39 is 11.6 Å². The summed E-state index contributed by atoms with van der Waals surface area (Å²) in [7, 11) is 0. The number of halogens is 2. The maximum atomic E-state index is 13.1. The van der Waals surface area contributed by atoms with Gasteiger partial charge in [0.1, 0.15) is 23.1 Å². The highest BCUT2D eigenvalue weighted by atomic mass is 19.1. The van der Waals surface area contributed by atoms with Gasteiger partial charge in [0, 0.05) is 12.1 Å². The first kappa shape index (κ1) is 11.2. The van der Waals surface area contributed by atoms with Crippen LogP contribution in [-0.2, 0) is 0 Å². The molecule has 0 heterocycles. The molecule has 2 rings (SSSR count). The number of hydrogen-bond donors (Lipinski definition) is 2. The van der Waals surface area contributed by atoms with Gasteiger partial charge in [-0.1, -0.05) is 0 Å². The number of ether oxygens (including phenoxy) is 1. The van der Waals surface area contributed by atoms with Crippen LogP contribution in [0.2, 0.25) is 0 Å². The predicted octanol–water partition coefficient (Wildman–Crippen LogP) is 2.92. The Bertz CT molecular complexity index is 509. The molecular weight excluding hydrogens is 226 g/mol. The fourth-order valence-corrected chi connectivity index (χ4v) is 1.28. The molecule has 0 amide bonds. The van der Waals surface area contributed by atoms with Crippen LogP contribution in [0.5, 0.6) is 11.5 Å². The molecule has 0 atom stereocenters. The lowest BCUT2D eigenvalue weighted by Gasteiger charge is -2.07. The number of hydrogen-bond acceptors (Lipinski definition) is 3. The monoisotopic (exact) mass is 236 g/mol. The largest absolute Gasteiger partial charge is 0.457 e. The van der Waals surface area contributed by atoms with Gasteiger partial charge in [-0.2, -0.15) is 0 Å². The SMILES string of the molecule is Nc1ccc(Oc2ccc(N)c(F)c2)cc1F. The third-order valence-electron chi connectivity index (χ3n) is 2.18. The fourth-order valence-electron chi connectivity index (χ4n) is 1.28. The van der Waals surface area contributed by atoms with Gasteiger partial charge in [0.2, 0.25) is 0 Å². The highest BCUT2D eigenvalue weighted by Crippen LogP contribution is 2.26. The van der Waals surface area contributed by atoms with Crippen LogP contribution in [0.1, 0.15) is 0 Å². The van der Waals surface area contributed by atoms with Crippen LogP contribution < -0.4 is 16.2 Å². The minimum atomic E-state index is -0.585. The second kappa shape index (κ2) is 4.29. The van der Waals surface area contributed by atoms with Gasteiger partial charge in [-0.3, -0.25) is 0 Å². The van der Waals surface area contributed by atoms with Crippen molar-refractivity contribution in [3.05, 3.63) is 48.0 Å². The third-order valence-corrected chi connectivity index (χ3v) is 2.18. The molecule has 17 heavy (non-hydrogen) atoms. The van der Waals surface area contributed by atoms with Gasteiger partial charge >= 0.3 is 0 Å². The van der Waals surface area contributed by atoms with Gasteiger partial charge in [-0.05, 0) is 24.3 Å². The molecule has 0 bridgehead atoms. The lowest BCUT2D eigenvalue weighted by molar-refractivity contribution is 0.472. The Labute approximate surface area is 96.6 Å².